The van der Waals surface area contributed by atoms with Crippen molar-refractivity contribution in [2.75, 3.05) is 0 Å². The molecule has 2 aromatic rings. The maximum atomic E-state index is 13.2. The molecule has 3 nitrogen and oxygen atoms in total. The Kier molecular flexibility index (Phi) is 3.77. The summed E-state index contributed by atoms with van der Waals surface area (Å²) in [6.45, 7) is 4.69. The maximum Gasteiger partial charge on any atom is 0.123 e. The Labute approximate surface area is 106 Å². The molecule has 1 heterocycles. The number of rotatable bonds is 4. The van der Waals surface area contributed by atoms with Crippen LogP contribution in [0.4, 0.5) is 4.39 Å². The number of aromatic nitrogens is 2. The summed E-state index contributed by atoms with van der Waals surface area (Å²) in [5.74, 6) is 0.488. The van der Waals surface area contributed by atoms with E-state index in [9.17, 15) is 9.50 Å². The maximum absolute atomic E-state index is 13.2. The Hall–Kier alpha value is -1.68. The Morgan fingerprint density at radius 3 is 2.94 bits per heavy atom. The molecule has 1 aromatic heterocycles. The fourth-order valence-electron chi connectivity index (χ4n) is 2.07. The molecule has 0 aliphatic heterocycles. The molecule has 1 N–H and O–H groups in total. The second-order valence-electron chi connectivity index (χ2n) is 4.35. The molecular formula is C14H17FN2O. The quantitative estimate of drug-likeness (QED) is 0.903. The van der Waals surface area contributed by atoms with Crippen LogP contribution in [0.2, 0.25) is 0 Å². The third kappa shape index (κ3) is 2.59. The van der Waals surface area contributed by atoms with Crippen LogP contribution in [0.25, 0.3) is 0 Å². The van der Waals surface area contributed by atoms with Crippen molar-refractivity contribution < 1.29 is 9.50 Å². The highest BCUT2D eigenvalue weighted by atomic mass is 19.1. The van der Waals surface area contributed by atoms with Gasteiger partial charge in [0.25, 0.3) is 0 Å². The lowest BCUT2D eigenvalue weighted by molar-refractivity contribution is 0.173. The predicted octanol–water partition coefficient (Wildman–Crippen LogP) is 2.63. The van der Waals surface area contributed by atoms with Gasteiger partial charge >= 0.3 is 0 Å². The van der Waals surface area contributed by atoms with Gasteiger partial charge in [-0.3, -0.25) is 0 Å². The number of hydrogen-bond acceptors (Lipinski definition) is 2. The van der Waals surface area contributed by atoms with Crippen LogP contribution in [0.5, 0.6) is 0 Å². The lowest BCUT2D eigenvalue weighted by atomic mass is 10.0. The van der Waals surface area contributed by atoms with Gasteiger partial charge in [0.05, 0.1) is 6.10 Å². The molecule has 0 aliphatic rings. The first kappa shape index (κ1) is 12.8. The van der Waals surface area contributed by atoms with E-state index >= 15 is 0 Å². The first-order valence-corrected chi connectivity index (χ1v) is 6.06. The third-order valence-corrected chi connectivity index (χ3v) is 3.12. The molecular weight excluding hydrogens is 231 g/mol. The first-order valence-electron chi connectivity index (χ1n) is 6.06. The minimum atomic E-state index is -0.728. The van der Waals surface area contributed by atoms with E-state index in [1.807, 2.05) is 24.6 Å². The minimum absolute atomic E-state index is 0.325. The molecule has 1 aromatic carbocycles. The van der Waals surface area contributed by atoms with Gasteiger partial charge in [-0.2, -0.15) is 0 Å². The fraction of sp³-hybridized carbons (Fsp3) is 0.357. The number of aliphatic hydroxyl groups excluding tert-OH is 1. The molecule has 0 bridgehead atoms. The SMILES string of the molecule is CCn1ccnc1CC(O)c1cc(F)ccc1C. The molecule has 0 aliphatic carbocycles. The van der Waals surface area contributed by atoms with E-state index < -0.39 is 6.10 Å². The van der Waals surface area contributed by atoms with E-state index in [-0.39, 0.29) is 5.82 Å². The standard InChI is InChI=1S/C14H17FN2O/c1-3-17-7-6-16-14(17)9-13(18)12-8-11(15)5-4-10(12)2/h4-8,13,18H,3,9H2,1-2H3. The lowest BCUT2D eigenvalue weighted by Crippen LogP contribution is -2.09. The summed E-state index contributed by atoms with van der Waals surface area (Å²) in [5, 5.41) is 10.2. The summed E-state index contributed by atoms with van der Waals surface area (Å²) in [6.07, 6.45) is 3.25. The van der Waals surface area contributed by atoms with Crippen molar-refractivity contribution in [2.24, 2.45) is 0 Å². The molecule has 0 saturated heterocycles. The van der Waals surface area contributed by atoms with E-state index in [1.165, 1.54) is 12.1 Å². The van der Waals surface area contributed by atoms with Gasteiger partial charge in [0, 0.05) is 25.4 Å². The van der Waals surface area contributed by atoms with Crippen molar-refractivity contribution in [3.63, 3.8) is 0 Å². The molecule has 0 saturated carbocycles. The number of imidazole rings is 1. The molecule has 1 atom stereocenters. The minimum Gasteiger partial charge on any atom is -0.388 e. The summed E-state index contributed by atoms with van der Waals surface area (Å²) < 4.78 is 15.2. The summed E-state index contributed by atoms with van der Waals surface area (Å²) >= 11 is 0. The van der Waals surface area contributed by atoms with Crippen LogP contribution in [0.3, 0.4) is 0 Å². The zero-order valence-electron chi connectivity index (χ0n) is 10.6. The third-order valence-electron chi connectivity index (χ3n) is 3.12. The first-order chi connectivity index (χ1) is 8.61. The van der Waals surface area contributed by atoms with Crippen molar-refractivity contribution in [2.45, 2.75) is 32.9 Å². The molecule has 1 unspecified atom stereocenters. The van der Waals surface area contributed by atoms with Gasteiger partial charge < -0.3 is 9.67 Å². The number of nitrogens with zero attached hydrogens (tertiary/aromatic N) is 2. The molecule has 2 rings (SSSR count). The van der Waals surface area contributed by atoms with E-state index in [2.05, 4.69) is 4.98 Å². The molecule has 18 heavy (non-hydrogen) atoms. The zero-order valence-corrected chi connectivity index (χ0v) is 10.6. The zero-order chi connectivity index (χ0) is 13.1. The fourth-order valence-corrected chi connectivity index (χ4v) is 2.07. The number of aryl methyl sites for hydroxylation is 2. The van der Waals surface area contributed by atoms with Crippen LogP contribution in [0.15, 0.2) is 30.6 Å². The van der Waals surface area contributed by atoms with Crippen LogP contribution in [0, 0.1) is 12.7 Å². The summed E-state index contributed by atoms with van der Waals surface area (Å²) in [4.78, 5) is 4.21. The largest absolute Gasteiger partial charge is 0.388 e. The summed E-state index contributed by atoms with van der Waals surface area (Å²) in [6, 6.07) is 4.47. The number of benzene rings is 1. The highest BCUT2D eigenvalue weighted by molar-refractivity contribution is 5.29. The Bertz CT molecular complexity index is 536. The van der Waals surface area contributed by atoms with Crippen molar-refractivity contribution in [1.82, 2.24) is 9.55 Å². The van der Waals surface area contributed by atoms with Crippen molar-refractivity contribution in [3.05, 3.63) is 53.4 Å². The van der Waals surface area contributed by atoms with Crippen LogP contribution >= 0.6 is 0 Å². The van der Waals surface area contributed by atoms with Crippen LogP contribution in [-0.2, 0) is 13.0 Å². The highest BCUT2D eigenvalue weighted by Gasteiger charge is 2.14. The van der Waals surface area contributed by atoms with Crippen molar-refractivity contribution in [3.8, 4) is 0 Å². The number of aliphatic hydroxyl groups is 1. The highest BCUT2D eigenvalue weighted by Crippen LogP contribution is 2.22. The second-order valence-corrected chi connectivity index (χ2v) is 4.35. The van der Waals surface area contributed by atoms with Gasteiger partial charge in [-0.25, -0.2) is 9.37 Å². The van der Waals surface area contributed by atoms with E-state index in [0.29, 0.717) is 12.0 Å². The van der Waals surface area contributed by atoms with Crippen molar-refractivity contribution in [1.29, 1.82) is 0 Å². The number of hydrogen-bond donors (Lipinski definition) is 1. The van der Waals surface area contributed by atoms with Crippen LogP contribution in [-0.4, -0.2) is 14.7 Å². The number of halogens is 1. The average Bonchev–Trinajstić information content (AvgIpc) is 2.79. The smallest absolute Gasteiger partial charge is 0.123 e. The van der Waals surface area contributed by atoms with Gasteiger partial charge in [-0.05, 0) is 37.1 Å². The topological polar surface area (TPSA) is 38.0 Å². The van der Waals surface area contributed by atoms with Gasteiger partial charge in [0.2, 0.25) is 0 Å². The second kappa shape index (κ2) is 5.31. The monoisotopic (exact) mass is 248 g/mol. The molecule has 0 radical (unpaired) electrons. The summed E-state index contributed by atoms with van der Waals surface area (Å²) in [5.41, 5.74) is 1.51. The Morgan fingerprint density at radius 1 is 1.44 bits per heavy atom. The lowest BCUT2D eigenvalue weighted by Gasteiger charge is -2.14. The van der Waals surface area contributed by atoms with Gasteiger partial charge in [0.15, 0.2) is 0 Å². The van der Waals surface area contributed by atoms with Crippen LogP contribution < -0.4 is 0 Å². The molecule has 0 fully saturated rings. The Morgan fingerprint density at radius 2 is 2.22 bits per heavy atom. The van der Waals surface area contributed by atoms with Crippen LogP contribution in [0.1, 0.15) is 30.0 Å². The summed E-state index contributed by atoms with van der Waals surface area (Å²) in [7, 11) is 0. The molecule has 0 amide bonds. The van der Waals surface area contributed by atoms with Crippen molar-refractivity contribution >= 4 is 0 Å². The Balaban J connectivity index is 2.21. The molecule has 4 heteroatoms. The van der Waals surface area contributed by atoms with E-state index in [4.69, 9.17) is 0 Å². The average molecular weight is 248 g/mol. The predicted molar refractivity (Wildman–Crippen MR) is 67.7 cm³/mol. The van der Waals surface area contributed by atoms with Gasteiger partial charge in [0.1, 0.15) is 11.6 Å². The normalized spacial score (nSPS) is 12.7. The molecule has 96 valence electrons. The van der Waals surface area contributed by atoms with E-state index in [0.717, 1.165) is 17.9 Å². The van der Waals surface area contributed by atoms with Gasteiger partial charge in [-0.1, -0.05) is 6.07 Å². The molecule has 0 spiro atoms. The van der Waals surface area contributed by atoms with Gasteiger partial charge in [-0.15, -0.1) is 0 Å². The van der Waals surface area contributed by atoms with E-state index in [1.54, 1.807) is 12.3 Å².